The van der Waals surface area contributed by atoms with Crippen molar-refractivity contribution in [2.45, 2.75) is 48.0 Å². The van der Waals surface area contributed by atoms with E-state index in [9.17, 15) is 0 Å². The van der Waals surface area contributed by atoms with Crippen LogP contribution in [-0.2, 0) is 0 Å². The van der Waals surface area contributed by atoms with Gasteiger partial charge in [0, 0.05) is 0 Å². The van der Waals surface area contributed by atoms with Crippen LogP contribution in [0.4, 0.5) is 0 Å². The minimum atomic E-state index is 0.631. The van der Waals surface area contributed by atoms with Crippen molar-refractivity contribution in [3.63, 3.8) is 0 Å². The minimum absolute atomic E-state index is 0.631. The molecule has 0 radical (unpaired) electrons. The van der Waals surface area contributed by atoms with Crippen molar-refractivity contribution >= 4 is 0 Å². The maximum Gasteiger partial charge on any atom is -0.0210 e. The summed E-state index contributed by atoms with van der Waals surface area (Å²) in [5.41, 5.74) is 1.94. The van der Waals surface area contributed by atoms with Crippen molar-refractivity contribution in [2.24, 2.45) is 39.9 Å². The molecule has 4 rings (SSSR count). The summed E-state index contributed by atoms with van der Waals surface area (Å²) in [7, 11) is 0. The molecule has 0 aromatic heterocycles. The predicted molar refractivity (Wildman–Crippen MR) is 59.9 cm³/mol. The van der Waals surface area contributed by atoms with Gasteiger partial charge in [-0.05, 0) is 46.3 Å². The normalized spacial score (nSPS) is 75.0. The van der Waals surface area contributed by atoms with Crippen molar-refractivity contribution in [1.82, 2.24) is 0 Å². The molecule has 0 heterocycles. The first-order valence-electron chi connectivity index (χ1n) is 6.30. The highest BCUT2D eigenvalue weighted by molar-refractivity contribution is 5.29. The molecule has 4 aliphatic carbocycles. The maximum atomic E-state index is 2.58. The third-order valence-electron chi connectivity index (χ3n) is 7.66. The number of rotatable bonds is 0. The number of hydrogen-bond donors (Lipinski definition) is 0. The Labute approximate surface area is 88.5 Å². The standard InChI is InChI=1S/C14H24/c1-8-11-9(2)14(6)10(3)12(11,4)7-13(8,14)5/h8-11H,7H2,1-6H3. The van der Waals surface area contributed by atoms with Crippen molar-refractivity contribution in [1.29, 1.82) is 0 Å². The molecule has 80 valence electrons. The zero-order valence-corrected chi connectivity index (χ0v) is 10.5. The summed E-state index contributed by atoms with van der Waals surface area (Å²) in [5, 5.41) is 0. The molecule has 0 aromatic rings. The molecule has 7 unspecified atom stereocenters. The van der Waals surface area contributed by atoms with E-state index < -0.39 is 0 Å². The second-order valence-corrected chi connectivity index (χ2v) is 7.21. The molecule has 0 heteroatoms. The lowest BCUT2D eigenvalue weighted by Crippen LogP contribution is -2.37. The summed E-state index contributed by atoms with van der Waals surface area (Å²) in [5.74, 6) is 3.86. The van der Waals surface area contributed by atoms with Crippen molar-refractivity contribution in [3.8, 4) is 0 Å². The summed E-state index contributed by atoms with van der Waals surface area (Å²) in [6, 6.07) is 0. The first-order chi connectivity index (χ1) is 6.30. The molecular weight excluding hydrogens is 168 g/mol. The summed E-state index contributed by atoms with van der Waals surface area (Å²) >= 11 is 0. The van der Waals surface area contributed by atoms with E-state index in [1.165, 1.54) is 6.42 Å². The van der Waals surface area contributed by atoms with Gasteiger partial charge in [0.2, 0.25) is 0 Å². The molecule has 4 aliphatic rings. The molecule has 0 amide bonds. The van der Waals surface area contributed by atoms with Crippen LogP contribution in [0.25, 0.3) is 0 Å². The van der Waals surface area contributed by atoms with Gasteiger partial charge in [-0.3, -0.25) is 0 Å². The lowest BCUT2D eigenvalue weighted by atomic mass is 9.61. The van der Waals surface area contributed by atoms with Gasteiger partial charge in [0.25, 0.3) is 0 Å². The topological polar surface area (TPSA) is 0 Å². The zero-order chi connectivity index (χ0) is 10.5. The lowest BCUT2D eigenvalue weighted by molar-refractivity contribution is 0.0481. The molecule has 0 saturated heterocycles. The average Bonchev–Trinajstić information content (AvgIpc) is 2.50. The van der Waals surface area contributed by atoms with E-state index in [0.29, 0.717) is 16.2 Å². The van der Waals surface area contributed by atoms with Crippen LogP contribution >= 0.6 is 0 Å². The molecular formula is C14H24. The molecule has 0 aliphatic heterocycles. The molecule has 0 aromatic carbocycles. The Bertz CT molecular complexity index is 307. The number of hydrogen-bond acceptors (Lipinski definition) is 0. The van der Waals surface area contributed by atoms with Gasteiger partial charge < -0.3 is 0 Å². The first kappa shape index (κ1) is 9.24. The molecule has 4 bridgehead atoms. The van der Waals surface area contributed by atoms with Crippen LogP contribution in [0.1, 0.15) is 48.0 Å². The van der Waals surface area contributed by atoms with E-state index in [0.717, 1.165) is 23.7 Å². The smallest absolute Gasteiger partial charge is 0.0210 e. The first-order valence-corrected chi connectivity index (χ1v) is 6.30. The van der Waals surface area contributed by atoms with E-state index in [-0.39, 0.29) is 0 Å². The van der Waals surface area contributed by atoms with Crippen LogP contribution in [0.15, 0.2) is 0 Å². The average molecular weight is 192 g/mol. The maximum absolute atomic E-state index is 2.58. The van der Waals surface area contributed by atoms with Crippen molar-refractivity contribution in [3.05, 3.63) is 0 Å². The third-order valence-corrected chi connectivity index (χ3v) is 7.66. The van der Waals surface area contributed by atoms with Crippen LogP contribution < -0.4 is 0 Å². The van der Waals surface area contributed by atoms with Crippen molar-refractivity contribution < 1.29 is 0 Å². The van der Waals surface area contributed by atoms with E-state index >= 15 is 0 Å². The van der Waals surface area contributed by atoms with Crippen LogP contribution in [0.2, 0.25) is 0 Å². The van der Waals surface area contributed by atoms with Gasteiger partial charge in [-0.15, -0.1) is 0 Å². The van der Waals surface area contributed by atoms with Gasteiger partial charge in [-0.25, -0.2) is 0 Å². The summed E-state index contributed by atoms with van der Waals surface area (Å²) in [4.78, 5) is 0. The molecule has 0 spiro atoms. The molecule has 4 fully saturated rings. The monoisotopic (exact) mass is 192 g/mol. The Kier molecular flexibility index (Phi) is 1.29. The molecule has 0 nitrogen and oxygen atoms in total. The highest BCUT2D eigenvalue weighted by Crippen LogP contribution is 2.87. The summed E-state index contributed by atoms with van der Waals surface area (Å²) in [6.07, 6.45) is 1.49. The Morgan fingerprint density at radius 3 is 1.79 bits per heavy atom. The van der Waals surface area contributed by atoms with Gasteiger partial charge in [0.15, 0.2) is 0 Å². The summed E-state index contributed by atoms with van der Waals surface area (Å²) < 4.78 is 0. The van der Waals surface area contributed by atoms with Crippen molar-refractivity contribution in [2.75, 3.05) is 0 Å². The highest BCUT2D eigenvalue weighted by atomic mass is 14.9. The largest absolute Gasteiger partial charge is 0.0617 e. The van der Waals surface area contributed by atoms with E-state index in [1.807, 2.05) is 0 Å². The Balaban J connectivity index is 2.26. The second kappa shape index (κ2) is 1.95. The van der Waals surface area contributed by atoms with E-state index in [2.05, 4.69) is 41.5 Å². The van der Waals surface area contributed by atoms with Crippen LogP contribution in [-0.4, -0.2) is 0 Å². The van der Waals surface area contributed by atoms with Crippen LogP contribution in [0.5, 0.6) is 0 Å². The van der Waals surface area contributed by atoms with Crippen LogP contribution in [0.3, 0.4) is 0 Å². The fourth-order valence-electron chi connectivity index (χ4n) is 6.63. The van der Waals surface area contributed by atoms with E-state index in [1.54, 1.807) is 0 Å². The van der Waals surface area contributed by atoms with Gasteiger partial charge in [-0.1, -0.05) is 41.5 Å². The third kappa shape index (κ3) is 0.517. The Hall–Kier alpha value is 0. The zero-order valence-electron chi connectivity index (χ0n) is 10.5. The second-order valence-electron chi connectivity index (χ2n) is 7.21. The lowest BCUT2D eigenvalue weighted by Gasteiger charge is -2.43. The molecule has 4 saturated carbocycles. The van der Waals surface area contributed by atoms with Gasteiger partial charge in [0.05, 0.1) is 0 Å². The van der Waals surface area contributed by atoms with Crippen LogP contribution in [0, 0.1) is 39.9 Å². The SMILES string of the molecule is CC1C2C(C)C3(C)C(C)C2(C)CC13C. The molecule has 7 atom stereocenters. The fraction of sp³-hybridized carbons (Fsp3) is 1.00. The Morgan fingerprint density at radius 2 is 1.50 bits per heavy atom. The quantitative estimate of drug-likeness (QED) is 0.545. The van der Waals surface area contributed by atoms with E-state index in [4.69, 9.17) is 0 Å². The minimum Gasteiger partial charge on any atom is -0.0617 e. The van der Waals surface area contributed by atoms with Gasteiger partial charge in [-0.2, -0.15) is 0 Å². The van der Waals surface area contributed by atoms with Gasteiger partial charge in [0.1, 0.15) is 0 Å². The summed E-state index contributed by atoms with van der Waals surface area (Å²) in [6.45, 7) is 15.3. The molecule has 0 N–H and O–H groups in total. The predicted octanol–water partition coefficient (Wildman–Crippen LogP) is 3.96. The highest BCUT2D eigenvalue weighted by Gasteiger charge is 2.81. The van der Waals surface area contributed by atoms with Gasteiger partial charge >= 0.3 is 0 Å². The Morgan fingerprint density at radius 1 is 0.929 bits per heavy atom. The fourth-order valence-corrected chi connectivity index (χ4v) is 6.63. The molecule has 14 heavy (non-hydrogen) atoms.